The van der Waals surface area contributed by atoms with Crippen molar-refractivity contribution in [3.63, 3.8) is 0 Å². The number of fused-ring (bicyclic) bond motifs is 3. The van der Waals surface area contributed by atoms with Gasteiger partial charge in [0.2, 0.25) is 0 Å². The molecule has 32 heavy (non-hydrogen) atoms. The van der Waals surface area contributed by atoms with Crippen LogP contribution in [0, 0.1) is 10.1 Å². The van der Waals surface area contributed by atoms with Gasteiger partial charge < -0.3 is 9.64 Å². The monoisotopic (exact) mass is 435 g/mol. The minimum Gasteiger partial charge on any atom is -0.493 e. The molecule has 0 saturated carbocycles. The summed E-state index contributed by atoms with van der Waals surface area (Å²) in [6.07, 6.45) is 7.47. The molecule has 0 aliphatic carbocycles. The Morgan fingerprint density at radius 3 is 2.59 bits per heavy atom. The van der Waals surface area contributed by atoms with Gasteiger partial charge in [0.1, 0.15) is 5.75 Å². The molecule has 2 fully saturated rings. The molecule has 2 aromatic carbocycles. The van der Waals surface area contributed by atoms with Crippen molar-refractivity contribution in [1.82, 2.24) is 9.80 Å². The Balaban J connectivity index is 1.37. The molecule has 0 N–H and O–H groups in total. The number of nitro benzene ring substituents is 1. The third kappa shape index (κ3) is 4.39. The number of piperidine rings is 1. The molecule has 0 spiro atoms. The molecule has 3 aliphatic rings. The van der Waals surface area contributed by atoms with E-state index in [9.17, 15) is 10.1 Å². The molecule has 3 aliphatic heterocycles. The maximum Gasteiger partial charge on any atom is 0.269 e. The number of rotatable bonds is 7. The average molecular weight is 436 g/mol. The second kappa shape index (κ2) is 9.59. The first-order chi connectivity index (χ1) is 15.7. The molecule has 6 nitrogen and oxygen atoms in total. The van der Waals surface area contributed by atoms with E-state index in [-0.39, 0.29) is 16.5 Å². The van der Waals surface area contributed by atoms with Crippen molar-refractivity contribution in [3.8, 4) is 5.75 Å². The Morgan fingerprint density at radius 2 is 1.81 bits per heavy atom. The van der Waals surface area contributed by atoms with Crippen LogP contribution in [-0.4, -0.2) is 54.1 Å². The Kier molecular flexibility index (Phi) is 6.42. The molecule has 170 valence electrons. The number of nitro groups is 1. The predicted octanol–water partition coefficient (Wildman–Crippen LogP) is 5.13. The molecule has 0 radical (unpaired) electrons. The van der Waals surface area contributed by atoms with Gasteiger partial charge in [-0.25, -0.2) is 0 Å². The van der Waals surface area contributed by atoms with Crippen LogP contribution in [0.1, 0.15) is 67.2 Å². The van der Waals surface area contributed by atoms with Crippen LogP contribution in [0.15, 0.2) is 42.5 Å². The molecular formula is C26H33N3O3. The van der Waals surface area contributed by atoms with E-state index in [1.165, 1.54) is 56.3 Å². The smallest absolute Gasteiger partial charge is 0.269 e. The molecule has 6 heteroatoms. The van der Waals surface area contributed by atoms with E-state index < -0.39 is 0 Å². The molecule has 2 aromatic rings. The highest BCUT2D eigenvalue weighted by molar-refractivity contribution is 5.51. The quantitative estimate of drug-likeness (QED) is 0.343. The topological polar surface area (TPSA) is 58.9 Å². The van der Waals surface area contributed by atoms with Crippen LogP contribution in [0.2, 0.25) is 0 Å². The third-order valence-corrected chi connectivity index (χ3v) is 7.42. The van der Waals surface area contributed by atoms with Gasteiger partial charge >= 0.3 is 0 Å². The number of hydrogen-bond acceptors (Lipinski definition) is 5. The maximum atomic E-state index is 11.1. The highest BCUT2D eigenvalue weighted by Crippen LogP contribution is 2.47. The molecule has 3 heterocycles. The number of hydrogen-bond donors (Lipinski definition) is 0. The SMILES string of the molecule is O=[N+]([O-])c1ccc(C2CN3CCCC3c3cccc(OCCCN4CCCCC4)c32)cc1. The number of likely N-dealkylation sites (tertiary alicyclic amines) is 1. The average Bonchev–Trinajstić information content (AvgIpc) is 3.31. The number of benzene rings is 2. The van der Waals surface area contributed by atoms with Gasteiger partial charge in [-0.05, 0) is 68.9 Å². The lowest BCUT2D eigenvalue weighted by Gasteiger charge is -2.38. The van der Waals surface area contributed by atoms with E-state index in [2.05, 4.69) is 28.0 Å². The standard InChI is InChI=1S/C26H33N3O3/c30-29(31)21-12-10-20(11-13-21)23-19-28-17-5-8-24(28)22-7-4-9-25(26(22)23)32-18-6-16-27-14-2-1-3-15-27/h4,7,9-13,23-24H,1-3,5-6,8,14-19H2. The predicted molar refractivity (Wildman–Crippen MR) is 125 cm³/mol. The first kappa shape index (κ1) is 21.4. The van der Waals surface area contributed by atoms with Crippen LogP contribution in [0.4, 0.5) is 5.69 Å². The zero-order chi connectivity index (χ0) is 21.9. The Labute approximate surface area is 190 Å². The molecule has 2 unspecified atom stereocenters. The summed E-state index contributed by atoms with van der Waals surface area (Å²) in [7, 11) is 0. The van der Waals surface area contributed by atoms with Crippen LogP contribution in [0.5, 0.6) is 5.75 Å². The molecule has 0 bridgehead atoms. The molecule has 2 saturated heterocycles. The normalized spacial score (nSPS) is 23.5. The van der Waals surface area contributed by atoms with Gasteiger partial charge in [0, 0.05) is 42.7 Å². The Morgan fingerprint density at radius 1 is 1.00 bits per heavy atom. The lowest BCUT2D eigenvalue weighted by Crippen LogP contribution is -2.35. The van der Waals surface area contributed by atoms with Crippen molar-refractivity contribution in [2.45, 2.75) is 50.5 Å². The van der Waals surface area contributed by atoms with E-state index in [0.717, 1.165) is 44.0 Å². The molecule has 0 aromatic heterocycles. The number of non-ortho nitro benzene ring substituents is 1. The van der Waals surface area contributed by atoms with Crippen LogP contribution in [-0.2, 0) is 0 Å². The van der Waals surface area contributed by atoms with Crippen molar-refractivity contribution in [2.24, 2.45) is 0 Å². The highest BCUT2D eigenvalue weighted by atomic mass is 16.6. The second-order valence-corrected chi connectivity index (χ2v) is 9.42. The Hall–Kier alpha value is -2.44. The van der Waals surface area contributed by atoms with E-state index in [1.54, 1.807) is 12.1 Å². The van der Waals surface area contributed by atoms with Crippen molar-refractivity contribution in [1.29, 1.82) is 0 Å². The zero-order valence-electron chi connectivity index (χ0n) is 18.7. The largest absolute Gasteiger partial charge is 0.493 e. The summed E-state index contributed by atoms with van der Waals surface area (Å²) in [6.45, 7) is 6.35. The zero-order valence-corrected chi connectivity index (χ0v) is 18.7. The second-order valence-electron chi connectivity index (χ2n) is 9.42. The van der Waals surface area contributed by atoms with Crippen LogP contribution < -0.4 is 4.74 Å². The van der Waals surface area contributed by atoms with Crippen molar-refractivity contribution < 1.29 is 9.66 Å². The van der Waals surface area contributed by atoms with E-state index in [4.69, 9.17) is 4.74 Å². The third-order valence-electron chi connectivity index (χ3n) is 7.42. The van der Waals surface area contributed by atoms with Crippen LogP contribution in [0.25, 0.3) is 0 Å². The van der Waals surface area contributed by atoms with E-state index in [0.29, 0.717) is 6.04 Å². The lowest BCUT2D eigenvalue weighted by molar-refractivity contribution is -0.384. The summed E-state index contributed by atoms with van der Waals surface area (Å²) in [5, 5.41) is 11.1. The minimum atomic E-state index is -0.327. The van der Waals surface area contributed by atoms with Crippen molar-refractivity contribution in [2.75, 3.05) is 39.3 Å². The molecular weight excluding hydrogens is 402 g/mol. The maximum absolute atomic E-state index is 11.1. The van der Waals surface area contributed by atoms with Gasteiger partial charge in [-0.15, -0.1) is 0 Å². The molecule has 5 rings (SSSR count). The number of nitrogens with zero attached hydrogens (tertiary/aromatic N) is 3. The molecule has 0 amide bonds. The summed E-state index contributed by atoms with van der Waals surface area (Å²) in [5.74, 6) is 1.18. The number of ether oxygens (including phenoxy) is 1. The van der Waals surface area contributed by atoms with Gasteiger partial charge in [0.05, 0.1) is 11.5 Å². The summed E-state index contributed by atoms with van der Waals surface area (Å²) in [4.78, 5) is 15.9. The van der Waals surface area contributed by atoms with Crippen molar-refractivity contribution in [3.05, 3.63) is 69.3 Å². The lowest BCUT2D eigenvalue weighted by atomic mass is 9.81. The summed E-state index contributed by atoms with van der Waals surface area (Å²) >= 11 is 0. The summed E-state index contributed by atoms with van der Waals surface area (Å²) in [6, 6.07) is 14.1. The fraction of sp³-hybridized carbons (Fsp3) is 0.538. The minimum absolute atomic E-state index is 0.145. The van der Waals surface area contributed by atoms with Gasteiger partial charge in [0.15, 0.2) is 0 Å². The van der Waals surface area contributed by atoms with Gasteiger partial charge in [-0.1, -0.05) is 30.7 Å². The van der Waals surface area contributed by atoms with Gasteiger partial charge in [-0.2, -0.15) is 0 Å². The van der Waals surface area contributed by atoms with Crippen LogP contribution >= 0.6 is 0 Å². The van der Waals surface area contributed by atoms with E-state index >= 15 is 0 Å². The fourth-order valence-corrected chi connectivity index (χ4v) is 5.83. The van der Waals surface area contributed by atoms with Crippen LogP contribution in [0.3, 0.4) is 0 Å². The first-order valence-corrected chi connectivity index (χ1v) is 12.2. The first-order valence-electron chi connectivity index (χ1n) is 12.2. The fourth-order valence-electron chi connectivity index (χ4n) is 5.83. The molecule has 2 atom stereocenters. The van der Waals surface area contributed by atoms with Gasteiger partial charge in [-0.3, -0.25) is 15.0 Å². The van der Waals surface area contributed by atoms with Gasteiger partial charge in [0.25, 0.3) is 5.69 Å². The summed E-state index contributed by atoms with van der Waals surface area (Å²) in [5.41, 5.74) is 3.95. The highest BCUT2D eigenvalue weighted by Gasteiger charge is 2.38. The summed E-state index contributed by atoms with van der Waals surface area (Å²) < 4.78 is 6.40. The van der Waals surface area contributed by atoms with Crippen molar-refractivity contribution >= 4 is 5.69 Å². The Bertz CT molecular complexity index is 940. The van der Waals surface area contributed by atoms with E-state index in [1.807, 2.05) is 12.1 Å².